The highest BCUT2D eigenvalue weighted by Crippen LogP contribution is 2.17. The Bertz CT molecular complexity index is 1810. The lowest BCUT2D eigenvalue weighted by molar-refractivity contribution is -0.870. The fraction of sp³-hybridized carbons (Fsp3) is 0.697. The van der Waals surface area contributed by atoms with Crippen LogP contribution >= 0.6 is 0 Å². The first-order chi connectivity index (χ1) is 41.6. The number of carbonyl (C=O) groups excluding carboxylic acids is 2. The topological polar surface area (TPSA) is 108 Å². The average molecular weight is 1190 g/mol. The van der Waals surface area contributed by atoms with Gasteiger partial charge in [-0.25, -0.2) is 4.79 Å². The van der Waals surface area contributed by atoms with Gasteiger partial charge in [0.25, 0.3) is 6.29 Å². The highest BCUT2D eigenvalue weighted by atomic mass is 16.7. The molecule has 2 atom stereocenters. The van der Waals surface area contributed by atoms with Crippen molar-refractivity contribution in [3.05, 3.63) is 122 Å². The Morgan fingerprint density at radius 2 is 0.635 bits per heavy atom. The van der Waals surface area contributed by atoms with Gasteiger partial charge in [0, 0.05) is 12.8 Å². The van der Waals surface area contributed by atoms with E-state index in [1.54, 1.807) is 0 Å². The smallest absolute Gasteiger partial charge is 0.361 e. The van der Waals surface area contributed by atoms with Gasteiger partial charge in [-0.15, -0.1) is 0 Å². The van der Waals surface area contributed by atoms with Crippen molar-refractivity contribution in [2.75, 3.05) is 47.5 Å². The molecule has 85 heavy (non-hydrogen) atoms. The Balaban J connectivity index is 4.11. The normalized spacial score (nSPS) is 13.5. The summed E-state index contributed by atoms with van der Waals surface area (Å²) in [6, 6.07) is 0. The van der Waals surface area contributed by atoms with Crippen molar-refractivity contribution >= 4 is 17.9 Å². The average Bonchev–Trinajstić information content (AvgIpc) is 3.49. The number of aliphatic carboxylic acids is 1. The van der Waals surface area contributed by atoms with Crippen molar-refractivity contribution in [2.24, 2.45) is 0 Å². The van der Waals surface area contributed by atoms with Crippen molar-refractivity contribution in [3.8, 4) is 0 Å². The molecule has 0 saturated carbocycles. The Kier molecular flexibility index (Phi) is 62.3. The molecule has 9 nitrogen and oxygen atoms in total. The van der Waals surface area contributed by atoms with Crippen LogP contribution in [-0.2, 0) is 33.3 Å². The fourth-order valence-corrected chi connectivity index (χ4v) is 9.48. The van der Waals surface area contributed by atoms with Gasteiger partial charge in [0.2, 0.25) is 0 Å². The van der Waals surface area contributed by atoms with E-state index in [0.29, 0.717) is 23.9 Å². The number of carbonyl (C=O) groups is 3. The number of nitrogens with zero attached hydrogens (tertiary/aromatic N) is 1. The van der Waals surface area contributed by atoms with Gasteiger partial charge in [-0.2, -0.15) is 0 Å². The predicted octanol–water partition coefficient (Wildman–Crippen LogP) is 21.6. The Labute approximate surface area is 523 Å². The Hall–Kier alpha value is -4.31. The summed E-state index contributed by atoms with van der Waals surface area (Å²) >= 11 is 0. The first-order valence-corrected chi connectivity index (χ1v) is 34.7. The number of carboxylic acid groups (broad SMARTS) is 1. The number of rotatable bonds is 63. The van der Waals surface area contributed by atoms with Gasteiger partial charge >= 0.3 is 17.9 Å². The third kappa shape index (κ3) is 67.1. The van der Waals surface area contributed by atoms with E-state index in [9.17, 15) is 19.5 Å². The second kappa shape index (κ2) is 65.7. The maximum absolute atomic E-state index is 12.9. The maximum Gasteiger partial charge on any atom is 0.361 e. The van der Waals surface area contributed by atoms with Gasteiger partial charge in [-0.3, -0.25) is 9.59 Å². The van der Waals surface area contributed by atoms with Gasteiger partial charge in [-0.05, 0) is 103 Å². The second-order valence-electron chi connectivity index (χ2n) is 24.1. The minimum atomic E-state index is -1.52. The van der Waals surface area contributed by atoms with Crippen molar-refractivity contribution in [2.45, 2.75) is 296 Å². The molecule has 0 fully saturated rings. The van der Waals surface area contributed by atoms with E-state index in [1.807, 2.05) is 21.1 Å². The molecular weight excluding hydrogens is 1050 g/mol. The molecule has 0 aliphatic carbocycles. The van der Waals surface area contributed by atoms with E-state index >= 15 is 0 Å². The minimum Gasteiger partial charge on any atom is -0.477 e. The second-order valence-corrected chi connectivity index (χ2v) is 24.1. The van der Waals surface area contributed by atoms with Crippen LogP contribution < -0.4 is 0 Å². The van der Waals surface area contributed by atoms with Crippen LogP contribution in [-0.4, -0.2) is 87.4 Å². The van der Waals surface area contributed by atoms with Crippen LogP contribution in [0.2, 0.25) is 0 Å². The number of likely N-dealkylation sites (N-methyl/N-ethyl adjacent to an activating group) is 1. The summed E-state index contributed by atoms with van der Waals surface area (Å²) in [6.45, 7) is 4.65. The van der Waals surface area contributed by atoms with Crippen molar-refractivity contribution in [1.82, 2.24) is 0 Å². The molecule has 486 valence electrons. The highest BCUT2D eigenvalue weighted by molar-refractivity contribution is 5.71. The molecule has 0 aliphatic rings. The molecular formula is C76H130NO8+. The molecule has 0 amide bonds. The standard InChI is InChI=1S/C76H129NO8/c1-6-8-10-12-14-16-18-20-22-24-26-28-30-32-33-34-35-36-37-38-39-40-41-43-44-46-48-50-52-54-56-58-60-62-64-66-73(78)83-70-72(71-84-76(75(80)81)82-69-68-77(3,4)5)85-74(79)67-65-63-61-59-57-55-53-51-49-47-45-42-31-29-27-25-23-21-19-17-15-13-11-9-7-2/h8-11,14-17,20-23,26-29,42,45,49,51,72,76H,6-7,12-13,18-19,24-25,30-41,43-44,46-48,50,52-71H2,1-5H3/p+1/b10-8-,11-9-,16-14-,17-15-,22-20-,23-21-,28-26-,29-27-,45-42-,51-49-. The number of unbranched alkanes of at least 4 members (excludes halogenated alkanes) is 28. The quantitative estimate of drug-likeness (QED) is 0.0211. The molecule has 0 rings (SSSR count). The van der Waals surface area contributed by atoms with E-state index in [4.69, 9.17) is 18.9 Å². The molecule has 0 aliphatic heterocycles. The predicted molar refractivity (Wildman–Crippen MR) is 364 cm³/mol. The number of hydrogen-bond donors (Lipinski definition) is 1. The zero-order valence-electron chi connectivity index (χ0n) is 55.5. The number of ether oxygens (including phenoxy) is 4. The molecule has 0 aromatic carbocycles. The summed E-state index contributed by atoms with van der Waals surface area (Å²) in [5.74, 6) is -2.02. The van der Waals surface area contributed by atoms with Gasteiger partial charge in [0.15, 0.2) is 6.10 Å². The zero-order chi connectivity index (χ0) is 61.9. The summed E-state index contributed by atoms with van der Waals surface area (Å²) in [7, 11) is 5.97. The molecule has 0 saturated heterocycles. The lowest BCUT2D eigenvalue weighted by atomic mass is 10.0. The summed E-state index contributed by atoms with van der Waals surface area (Å²) in [5, 5.41) is 9.74. The van der Waals surface area contributed by atoms with Crippen molar-refractivity contribution in [1.29, 1.82) is 0 Å². The van der Waals surface area contributed by atoms with Crippen molar-refractivity contribution < 1.29 is 42.9 Å². The van der Waals surface area contributed by atoms with Gasteiger partial charge in [0.1, 0.15) is 13.2 Å². The summed E-state index contributed by atoms with van der Waals surface area (Å²) in [6.07, 6.45) is 90.3. The molecule has 0 heterocycles. The summed E-state index contributed by atoms with van der Waals surface area (Å²) in [5.41, 5.74) is 0. The molecule has 9 heteroatoms. The molecule has 1 N–H and O–H groups in total. The van der Waals surface area contributed by atoms with Crippen LogP contribution in [0.15, 0.2) is 122 Å². The van der Waals surface area contributed by atoms with E-state index in [-0.39, 0.29) is 32.2 Å². The van der Waals surface area contributed by atoms with Crippen LogP contribution in [0, 0.1) is 0 Å². The zero-order valence-corrected chi connectivity index (χ0v) is 55.5. The van der Waals surface area contributed by atoms with Crippen LogP contribution in [0.25, 0.3) is 0 Å². The van der Waals surface area contributed by atoms with Crippen molar-refractivity contribution in [3.63, 3.8) is 0 Å². The first-order valence-electron chi connectivity index (χ1n) is 34.7. The Morgan fingerprint density at radius 1 is 0.353 bits per heavy atom. The molecule has 0 radical (unpaired) electrons. The van der Waals surface area contributed by atoms with E-state index in [2.05, 4.69) is 135 Å². The van der Waals surface area contributed by atoms with E-state index in [0.717, 1.165) is 122 Å². The Morgan fingerprint density at radius 3 is 0.941 bits per heavy atom. The number of allylic oxidation sites excluding steroid dienone is 20. The molecule has 0 spiro atoms. The third-order valence-electron chi connectivity index (χ3n) is 14.7. The number of esters is 2. The number of hydrogen-bond acceptors (Lipinski definition) is 7. The highest BCUT2D eigenvalue weighted by Gasteiger charge is 2.25. The van der Waals surface area contributed by atoms with Gasteiger partial charge < -0.3 is 28.5 Å². The summed E-state index contributed by atoms with van der Waals surface area (Å²) in [4.78, 5) is 37.6. The SMILES string of the molecule is CC/C=C\C/C=C\C/C=C\C/C=C\C/C=C\C/C=C\CCCCCCCCC(=O)OC(COC(=O)CCCCCCCCCCCCCCCCCCCCCCCC/C=C\C/C=C\C/C=C\C/C=C\CC)COC(OCC[N+](C)(C)C)C(=O)O. The molecule has 0 aromatic heterocycles. The fourth-order valence-electron chi connectivity index (χ4n) is 9.48. The lowest BCUT2D eigenvalue weighted by Gasteiger charge is -2.25. The van der Waals surface area contributed by atoms with E-state index < -0.39 is 24.3 Å². The van der Waals surface area contributed by atoms with Crippen LogP contribution in [0.3, 0.4) is 0 Å². The molecule has 0 aromatic rings. The van der Waals surface area contributed by atoms with E-state index in [1.165, 1.54) is 128 Å². The molecule has 2 unspecified atom stereocenters. The maximum atomic E-state index is 12.9. The van der Waals surface area contributed by atoms with Gasteiger partial charge in [0.05, 0.1) is 34.4 Å². The van der Waals surface area contributed by atoms with Crippen LogP contribution in [0.1, 0.15) is 284 Å². The number of carboxylic acids is 1. The molecule has 0 bridgehead atoms. The number of quaternary nitrogens is 1. The lowest BCUT2D eigenvalue weighted by Crippen LogP contribution is -2.40. The first kappa shape index (κ1) is 80.7. The van der Waals surface area contributed by atoms with Crippen LogP contribution in [0.4, 0.5) is 0 Å². The van der Waals surface area contributed by atoms with Crippen LogP contribution in [0.5, 0.6) is 0 Å². The third-order valence-corrected chi connectivity index (χ3v) is 14.7. The monoisotopic (exact) mass is 1180 g/mol. The van der Waals surface area contributed by atoms with Gasteiger partial charge in [-0.1, -0.05) is 289 Å². The minimum absolute atomic E-state index is 0.180. The largest absolute Gasteiger partial charge is 0.477 e. The summed E-state index contributed by atoms with van der Waals surface area (Å²) < 4.78 is 23.0.